The average molecular weight is 489 g/mol. The molecule has 2 atom stereocenters. The number of nitrogen functional groups attached to an aromatic ring is 1. The summed E-state index contributed by atoms with van der Waals surface area (Å²) in [5.41, 5.74) is 16.1. The fraction of sp³-hybridized carbons (Fsp3) is 0.364. The van der Waals surface area contributed by atoms with Gasteiger partial charge in [0.15, 0.2) is 11.2 Å². The van der Waals surface area contributed by atoms with E-state index in [9.17, 15) is 14.4 Å². The van der Waals surface area contributed by atoms with Crippen molar-refractivity contribution in [3.63, 3.8) is 0 Å². The molecular formula is C11H20N7O9PS2. The highest BCUT2D eigenvalue weighted by molar-refractivity contribution is 8.76. The van der Waals surface area contributed by atoms with E-state index in [1.54, 1.807) is 0 Å². The molecule has 170 valence electrons. The van der Waals surface area contributed by atoms with Crippen molar-refractivity contribution < 1.29 is 39.0 Å². The highest BCUT2D eigenvalue weighted by atomic mass is 33.1. The van der Waals surface area contributed by atoms with Crippen LogP contribution in [0.1, 0.15) is 0 Å². The lowest BCUT2D eigenvalue weighted by molar-refractivity contribution is -0.138. The van der Waals surface area contributed by atoms with Gasteiger partial charge in [0.2, 0.25) is 5.95 Å². The summed E-state index contributed by atoms with van der Waals surface area (Å²) in [4.78, 5) is 65.7. The molecular weight excluding hydrogens is 469 g/mol. The zero-order valence-corrected chi connectivity index (χ0v) is 17.4. The van der Waals surface area contributed by atoms with E-state index in [2.05, 4.69) is 19.9 Å². The molecule has 2 rings (SSSR count). The minimum atomic E-state index is -4.64. The van der Waals surface area contributed by atoms with E-state index in [4.69, 9.17) is 46.7 Å². The monoisotopic (exact) mass is 489 g/mol. The van der Waals surface area contributed by atoms with Crippen molar-refractivity contribution in [2.45, 2.75) is 12.1 Å². The molecule has 0 aliphatic heterocycles. The first kappa shape index (κ1) is 27.8. The second-order valence-electron chi connectivity index (χ2n) is 5.02. The summed E-state index contributed by atoms with van der Waals surface area (Å²) >= 11 is 0. The molecule has 0 spiro atoms. The number of anilines is 1. The molecule has 19 heteroatoms. The lowest BCUT2D eigenvalue weighted by Crippen LogP contribution is -2.33. The maximum atomic E-state index is 11.0. The Morgan fingerprint density at radius 1 is 1.10 bits per heavy atom. The van der Waals surface area contributed by atoms with E-state index >= 15 is 0 Å². The van der Waals surface area contributed by atoms with Gasteiger partial charge in [-0.3, -0.25) is 19.4 Å². The van der Waals surface area contributed by atoms with E-state index in [1.165, 1.54) is 27.9 Å². The van der Waals surface area contributed by atoms with Crippen LogP contribution in [0.3, 0.4) is 0 Å². The summed E-state index contributed by atoms with van der Waals surface area (Å²) in [6.45, 7) is 0. The Balaban J connectivity index is 0.000000465. The number of nitrogens with one attached hydrogen (secondary N) is 2. The maximum absolute atomic E-state index is 11.0. The second kappa shape index (κ2) is 13.2. The highest BCUT2D eigenvalue weighted by Crippen LogP contribution is 2.25. The standard InChI is InChI=1S/C6H12N2O4S2.C5H5N5O.H3O4P/c7-3(5(9)10)1-13-14-2-4(8)6(11)12;6-5-9-3-2(4(11)10-5)7-1-8-3;1-5(2,3)4/h3-4H,1-2,7-8H2,(H,9,10)(H,11,12);1H,(H4,6,7,8,9,10,11);(H3,1,2,3,4). The van der Waals surface area contributed by atoms with Crippen LogP contribution in [0.5, 0.6) is 0 Å². The van der Waals surface area contributed by atoms with Crippen LogP contribution in [0, 0.1) is 0 Å². The number of H-pyrrole nitrogens is 2. The predicted octanol–water partition coefficient (Wildman–Crippen LogP) is -2.51. The van der Waals surface area contributed by atoms with Crippen LogP contribution in [-0.2, 0) is 14.2 Å². The number of aromatic nitrogens is 4. The normalized spacial score (nSPS) is 12.7. The number of aromatic amines is 2. The predicted molar refractivity (Wildman–Crippen MR) is 109 cm³/mol. The van der Waals surface area contributed by atoms with Gasteiger partial charge in [-0.25, -0.2) is 9.55 Å². The number of carboxylic acids is 2. The number of nitrogens with two attached hydrogens (primary N) is 3. The van der Waals surface area contributed by atoms with Gasteiger partial charge in [-0.05, 0) is 0 Å². The number of phosphoric acid groups is 1. The molecule has 13 N–H and O–H groups in total. The van der Waals surface area contributed by atoms with Crippen LogP contribution in [0.4, 0.5) is 5.95 Å². The van der Waals surface area contributed by atoms with Crippen molar-refractivity contribution in [3.05, 3.63) is 16.7 Å². The van der Waals surface area contributed by atoms with Crippen molar-refractivity contribution >= 4 is 58.5 Å². The van der Waals surface area contributed by atoms with Gasteiger partial charge in [-0.2, -0.15) is 4.98 Å². The van der Waals surface area contributed by atoms with Crippen LogP contribution in [0.25, 0.3) is 11.2 Å². The number of imidazole rings is 1. The maximum Gasteiger partial charge on any atom is 0.466 e. The molecule has 2 aromatic heterocycles. The molecule has 2 aromatic rings. The number of aliphatic carboxylic acids is 2. The fourth-order valence-corrected chi connectivity index (χ4v) is 3.48. The van der Waals surface area contributed by atoms with Gasteiger partial charge in [-0.15, -0.1) is 0 Å². The molecule has 16 nitrogen and oxygen atoms in total. The van der Waals surface area contributed by atoms with Gasteiger partial charge in [-0.1, -0.05) is 21.6 Å². The number of hydrogen-bond donors (Lipinski definition) is 10. The molecule has 0 amide bonds. The largest absolute Gasteiger partial charge is 0.480 e. The lowest BCUT2D eigenvalue weighted by atomic mass is 10.4. The SMILES string of the molecule is NC(CSSCC(N)C(=O)O)C(=O)O.Nc1nc2[nH]cnc2c(=O)[nH]1.O=P(O)(O)O. The number of fused-ring (bicyclic) bond motifs is 1. The minimum Gasteiger partial charge on any atom is -0.480 e. The van der Waals surface area contributed by atoms with Crippen molar-refractivity contribution in [2.75, 3.05) is 17.2 Å². The molecule has 0 aliphatic rings. The summed E-state index contributed by atoms with van der Waals surface area (Å²) in [5, 5.41) is 16.8. The van der Waals surface area contributed by atoms with Gasteiger partial charge in [0, 0.05) is 11.5 Å². The zero-order chi connectivity index (χ0) is 23.5. The van der Waals surface area contributed by atoms with Gasteiger partial charge in [0.05, 0.1) is 6.33 Å². The molecule has 0 aromatic carbocycles. The molecule has 0 saturated carbocycles. The quantitative estimate of drug-likeness (QED) is 0.109. The summed E-state index contributed by atoms with van der Waals surface area (Å²) in [5.74, 6) is -1.59. The Morgan fingerprint density at radius 3 is 1.93 bits per heavy atom. The van der Waals surface area contributed by atoms with Crippen LogP contribution >= 0.6 is 29.4 Å². The number of carbonyl (C=O) groups is 2. The number of rotatable bonds is 7. The van der Waals surface area contributed by atoms with Crippen LogP contribution in [-0.4, -0.2) is 80.4 Å². The zero-order valence-electron chi connectivity index (χ0n) is 14.9. The number of nitrogens with zero attached hydrogens (tertiary/aromatic N) is 2. The van der Waals surface area contributed by atoms with E-state index in [0.717, 1.165) is 0 Å². The molecule has 0 radical (unpaired) electrons. The first-order valence-electron chi connectivity index (χ1n) is 7.40. The van der Waals surface area contributed by atoms with E-state index in [0.29, 0.717) is 5.65 Å². The summed E-state index contributed by atoms with van der Waals surface area (Å²) in [7, 11) is -2.23. The third-order valence-corrected chi connectivity index (χ3v) is 4.99. The van der Waals surface area contributed by atoms with Crippen molar-refractivity contribution in [1.29, 1.82) is 0 Å². The number of hydrogen-bond acceptors (Lipinski definition) is 11. The van der Waals surface area contributed by atoms with Crippen LogP contribution in [0.2, 0.25) is 0 Å². The van der Waals surface area contributed by atoms with E-state index in [1.807, 2.05) is 0 Å². The minimum absolute atomic E-state index is 0.0896. The summed E-state index contributed by atoms with van der Waals surface area (Å²) in [6, 6.07) is -1.85. The fourth-order valence-electron chi connectivity index (χ4n) is 1.25. The Labute approximate surface area is 175 Å². The third-order valence-electron chi connectivity index (χ3n) is 2.52. The Hall–Kier alpha value is -2.18. The van der Waals surface area contributed by atoms with Crippen molar-refractivity contribution in [3.8, 4) is 0 Å². The third kappa shape index (κ3) is 13.1. The van der Waals surface area contributed by atoms with E-state index in [-0.39, 0.29) is 28.5 Å². The molecule has 0 saturated heterocycles. The first-order valence-corrected chi connectivity index (χ1v) is 11.5. The van der Waals surface area contributed by atoms with Gasteiger partial charge >= 0.3 is 19.8 Å². The lowest BCUT2D eigenvalue weighted by Gasteiger charge is -2.07. The molecule has 2 heterocycles. The molecule has 2 unspecified atom stereocenters. The smallest absolute Gasteiger partial charge is 0.466 e. The molecule has 0 fully saturated rings. The second-order valence-corrected chi connectivity index (χ2v) is 8.60. The topological polar surface area (TPSA) is 305 Å². The van der Waals surface area contributed by atoms with E-state index < -0.39 is 31.8 Å². The Kier molecular flexibility index (Phi) is 12.2. The van der Waals surface area contributed by atoms with Crippen molar-refractivity contribution in [2.24, 2.45) is 11.5 Å². The van der Waals surface area contributed by atoms with Crippen LogP contribution < -0.4 is 22.8 Å². The molecule has 30 heavy (non-hydrogen) atoms. The Bertz CT molecular complexity index is 903. The van der Waals surface area contributed by atoms with Gasteiger partial charge in [0.1, 0.15) is 12.1 Å². The van der Waals surface area contributed by atoms with Crippen LogP contribution in [0.15, 0.2) is 11.1 Å². The van der Waals surface area contributed by atoms with Gasteiger partial charge < -0.3 is 47.1 Å². The average Bonchev–Trinajstić information content (AvgIpc) is 3.05. The Morgan fingerprint density at radius 2 is 1.53 bits per heavy atom. The molecule has 0 bridgehead atoms. The molecule has 0 aliphatic carbocycles. The number of carboxylic acid groups (broad SMARTS) is 2. The summed E-state index contributed by atoms with van der Waals surface area (Å²) < 4.78 is 8.88. The highest BCUT2D eigenvalue weighted by Gasteiger charge is 2.14. The van der Waals surface area contributed by atoms with Gasteiger partial charge in [0.25, 0.3) is 5.56 Å². The van der Waals surface area contributed by atoms with Crippen molar-refractivity contribution in [1.82, 2.24) is 19.9 Å². The summed E-state index contributed by atoms with van der Waals surface area (Å²) in [6.07, 6.45) is 1.40. The first-order chi connectivity index (χ1) is 13.7.